The second kappa shape index (κ2) is 11.0. The summed E-state index contributed by atoms with van der Waals surface area (Å²) in [6.45, 7) is 8.97. The van der Waals surface area contributed by atoms with Crippen LogP contribution in [0.2, 0.25) is 0 Å². The Hall–Kier alpha value is -3.91. The largest absolute Gasteiger partial charge is 0.349 e. The number of anilines is 2. The minimum Gasteiger partial charge on any atom is -0.349 e. The van der Waals surface area contributed by atoms with Crippen molar-refractivity contribution in [1.29, 1.82) is 0 Å². The summed E-state index contributed by atoms with van der Waals surface area (Å²) in [5.41, 5.74) is 3.57. The van der Waals surface area contributed by atoms with E-state index in [1.807, 2.05) is 19.9 Å². The van der Waals surface area contributed by atoms with Gasteiger partial charge in [0, 0.05) is 6.54 Å². The Labute approximate surface area is 206 Å². The van der Waals surface area contributed by atoms with Crippen molar-refractivity contribution >= 4 is 33.2 Å². The van der Waals surface area contributed by atoms with Crippen molar-refractivity contribution < 1.29 is 18.0 Å². The van der Waals surface area contributed by atoms with Crippen LogP contribution in [0.4, 0.5) is 11.4 Å². The maximum absolute atomic E-state index is 13.6. The predicted octanol–water partition coefficient (Wildman–Crippen LogP) is 4.36. The molecule has 35 heavy (non-hydrogen) atoms. The number of hydrogen-bond acceptors (Lipinski definition) is 4. The van der Waals surface area contributed by atoms with E-state index < -0.39 is 22.5 Å². The number of para-hydroxylation sites is 1. The van der Waals surface area contributed by atoms with Crippen molar-refractivity contribution in [1.82, 2.24) is 5.32 Å². The Morgan fingerprint density at radius 2 is 1.60 bits per heavy atom. The van der Waals surface area contributed by atoms with Crippen molar-refractivity contribution in [3.63, 3.8) is 0 Å². The van der Waals surface area contributed by atoms with Crippen LogP contribution in [0.1, 0.15) is 27.0 Å². The minimum atomic E-state index is -4.05. The highest BCUT2D eigenvalue weighted by Crippen LogP contribution is 2.28. The molecule has 8 heteroatoms. The van der Waals surface area contributed by atoms with Crippen molar-refractivity contribution in [2.45, 2.75) is 25.7 Å². The summed E-state index contributed by atoms with van der Waals surface area (Å²) < 4.78 is 28.4. The zero-order chi connectivity index (χ0) is 25.6. The normalized spacial score (nSPS) is 10.9. The molecule has 3 aromatic rings. The van der Waals surface area contributed by atoms with E-state index in [0.29, 0.717) is 5.69 Å². The second-order valence-electron chi connectivity index (χ2n) is 8.21. The molecule has 0 aliphatic rings. The van der Waals surface area contributed by atoms with Gasteiger partial charge in [0.15, 0.2) is 0 Å². The number of carbonyl (C=O) groups is 2. The van der Waals surface area contributed by atoms with E-state index >= 15 is 0 Å². The Kier molecular flexibility index (Phi) is 8.09. The fraction of sp³-hybridized carbons (Fsp3) is 0.185. The number of nitrogens with zero attached hydrogens (tertiary/aromatic N) is 1. The van der Waals surface area contributed by atoms with Gasteiger partial charge in [-0.1, -0.05) is 53.6 Å². The SMILES string of the molecule is C=CCNC(=O)c1ccccc1NC(=O)CN(c1ccc(C)cc1C)S(=O)(=O)c1ccc(C)cc1. The maximum Gasteiger partial charge on any atom is 0.264 e. The third-order valence-corrected chi connectivity index (χ3v) is 7.14. The molecule has 3 aromatic carbocycles. The fourth-order valence-electron chi connectivity index (χ4n) is 3.59. The standard InChI is InChI=1S/C27H29N3O4S/c1-5-16-28-27(32)23-8-6-7-9-24(23)29-26(31)18-30(25-15-12-20(3)17-21(25)4)35(33,34)22-13-10-19(2)11-14-22/h5-15,17H,1,16,18H2,2-4H3,(H,28,32)(H,29,31). The van der Waals surface area contributed by atoms with E-state index in [-0.39, 0.29) is 28.6 Å². The molecule has 0 radical (unpaired) electrons. The summed E-state index contributed by atoms with van der Waals surface area (Å²) in [5, 5.41) is 5.38. The van der Waals surface area contributed by atoms with Crippen molar-refractivity contribution in [3.8, 4) is 0 Å². The number of amides is 2. The molecule has 0 fully saturated rings. The van der Waals surface area contributed by atoms with Crippen LogP contribution in [0.25, 0.3) is 0 Å². The molecule has 2 amide bonds. The molecular formula is C27H29N3O4S. The summed E-state index contributed by atoms with van der Waals surface area (Å²) >= 11 is 0. The number of benzene rings is 3. The molecule has 0 saturated heterocycles. The Morgan fingerprint density at radius 3 is 2.26 bits per heavy atom. The van der Waals surface area contributed by atoms with E-state index in [9.17, 15) is 18.0 Å². The van der Waals surface area contributed by atoms with Gasteiger partial charge in [-0.15, -0.1) is 6.58 Å². The van der Waals surface area contributed by atoms with Gasteiger partial charge in [-0.05, 0) is 56.7 Å². The van der Waals surface area contributed by atoms with E-state index in [2.05, 4.69) is 17.2 Å². The molecule has 0 bridgehead atoms. The Morgan fingerprint density at radius 1 is 0.943 bits per heavy atom. The van der Waals surface area contributed by atoms with Crippen molar-refractivity contribution in [2.75, 3.05) is 22.7 Å². The van der Waals surface area contributed by atoms with E-state index in [1.54, 1.807) is 61.5 Å². The maximum atomic E-state index is 13.6. The number of rotatable bonds is 9. The first-order valence-corrected chi connectivity index (χ1v) is 12.5. The first-order valence-electron chi connectivity index (χ1n) is 11.1. The van der Waals surface area contributed by atoms with Gasteiger partial charge in [0.1, 0.15) is 6.54 Å². The van der Waals surface area contributed by atoms with Crippen LogP contribution in [0.3, 0.4) is 0 Å². The molecule has 7 nitrogen and oxygen atoms in total. The number of sulfonamides is 1. The summed E-state index contributed by atoms with van der Waals surface area (Å²) in [7, 11) is -4.05. The van der Waals surface area contributed by atoms with Gasteiger partial charge in [0.2, 0.25) is 5.91 Å². The smallest absolute Gasteiger partial charge is 0.264 e. The first-order chi connectivity index (χ1) is 16.6. The number of aryl methyl sites for hydroxylation is 3. The van der Waals surface area contributed by atoms with Gasteiger partial charge in [-0.25, -0.2) is 8.42 Å². The third-order valence-electron chi connectivity index (χ3n) is 5.37. The molecular weight excluding hydrogens is 462 g/mol. The molecule has 0 aliphatic heterocycles. The average Bonchev–Trinajstić information content (AvgIpc) is 2.82. The van der Waals surface area contributed by atoms with Crippen molar-refractivity contribution in [2.24, 2.45) is 0 Å². The van der Waals surface area contributed by atoms with Gasteiger partial charge < -0.3 is 10.6 Å². The van der Waals surface area contributed by atoms with Crippen LogP contribution in [0.15, 0.2) is 84.3 Å². The molecule has 182 valence electrons. The summed E-state index contributed by atoms with van der Waals surface area (Å²) in [4.78, 5) is 25.7. The Bertz CT molecular complexity index is 1350. The van der Waals surface area contributed by atoms with E-state index in [4.69, 9.17) is 0 Å². The minimum absolute atomic E-state index is 0.0834. The number of nitrogens with one attached hydrogen (secondary N) is 2. The molecule has 0 aliphatic carbocycles. The Balaban J connectivity index is 1.96. The number of hydrogen-bond donors (Lipinski definition) is 2. The summed E-state index contributed by atoms with van der Waals surface area (Å²) in [6.07, 6.45) is 1.55. The second-order valence-corrected chi connectivity index (χ2v) is 10.1. The lowest BCUT2D eigenvalue weighted by atomic mass is 10.1. The fourth-order valence-corrected chi connectivity index (χ4v) is 5.08. The zero-order valence-electron chi connectivity index (χ0n) is 20.0. The predicted molar refractivity (Wildman–Crippen MR) is 139 cm³/mol. The van der Waals surface area contributed by atoms with E-state index in [0.717, 1.165) is 21.0 Å². The zero-order valence-corrected chi connectivity index (χ0v) is 20.9. The van der Waals surface area contributed by atoms with Gasteiger partial charge in [-0.2, -0.15) is 0 Å². The highest BCUT2D eigenvalue weighted by Gasteiger charge is 2.28. The summed E-state index contributed by atoms with van der Waals surface area (Å²) in [5.74, 6) is -0.955. The van der Waals surface area contributed by atoms with Crippen LogP contribution >= 0.6 is 0 Å². The van der Waals surface area contributed by atoms with Crippen LogP contribution in [0, 0.1) is 20.8 Å². The van der Waals surface area contributed by atoms with E-state index in [1.165, 1.54) is 12.1 Å². The van der Waals surface area contributed by atoms with Gasteiger partial charge in [0.25, 0.3) is 15.9 Å². The molecule has 0 atom stereocenters. The van der Waals surface area contributed by atoms with Crippen LogP contribution < -0.4 is 14.9 Å². The lowest BCUT2D eigenvalue weighted by molar-refractivity contribution is -0.114. The van der Waals surface area contributed by atoms with Gasteiger partial charge >= 0.3 is 0 Å². The molecule has 0 unspecified atom stereocenters. The average molecular weight is 492 g/mol. The molecule has 2 N–H and O–H groups in total. The van der Waals surface area contributed by atoms with Gasteiger partial charge in [0.05, 0.1) is 21.8 Å². The summed E-state index contributed by atoms with van der Waals surface area (Å²) in [6, 6.07) is 18.4. The molecule has 0 heterocycles. The van der Waals surface area contributed by atoms with Crippen molar-refractivity contribution in [3.05, 3.63) is 102 Å². The van der Waals surface area contributed by atoms with Gasteiger partial charge in [-0.3, -0.25) is 13.9 Å². The van der Waals surface area contributed by atoms with Crippen LogP contribution in [0.5, 0.6) is 0 Å². The highest BCUT2D eigenvalue weighted by atomic mass is 32.2. The quantitative estimate of drug-likeness (QED) is 0.435. The van der Waals surface area contributed by atoms with Crippen LogP contribution in [-0.4, -0.2) is 33.3 Å². The molecule has 3 rings (SSSR count). The monoisotopic (exact) mass is 491 g/mol. The molecule has 0 saturated carbocycles. The number of carbonyl (C=O) groups excluding carboxylic acids is 2. The molecule has 0 spiro atoms. The lowest BCUT2D eigenvalue weighted by Gasteiger charge is -2.26. The first kappa shape index (κ1) is 25.7. The third kappa shape index (κ3) is 6.16. The topological polar surface area (TPSA) is 95.6 Å². The van der Waals surface area contributed by atoms with Crippen LogP contribution in [-0.2, 0) is 14.8 Å². The lowest BCUT2D eigenvalue weighted by Crippen LogP contribution is -2.39. The molecule has 0 aromatic heterocycles. The highest BCUT2D eigenvalue weighted by molar-refractivity contribution is 7.92.